The van der Waals surface area contributed by atoms with Crippen LogP contribution in [0.1, 0.15) is 46.0 Å². The Morgan fingerprint density at radius 1 is 1.26 bits per heavy atom. The molecule has 0 aliphatic carbocycles. The molecule has 1 aliphatic heterocycles. The fourth-order valence-electron chi connectivity index (χ4n) is 2.48. The fourth-order valence-corrected chi connectivity index (χ4v) is 4.35. The lowest BCUT2D eigenvalue weighted by molar-refractivity contribution is -0.137. The maximum atomic E-state index is 12.6. The molecule has 0 bridgehead atoms. The second-order valence-corrected chi connectivity index (χ2v) is 6.85. The van der Waals surface area contributed by atoms with E-state index in [2.05, 4.69) is 0 Å². The topological polar surface area (TPSA) is 77.9 Å². The minimum absolute atomic E-state index is 0.166. The van der Waals surface area contributed by atoms with Crippen LogP contribution < -0.4 is 0 Å². The third-order valence-corrected chi connectivity index (χ3v) is 5.69. The monoisotopic (exact) mass is 292 g/mol. The lowest BCUT2D eigenvalue weighted by Gasteiger charge is -2.31. The van der Waals surface area contributed by atoms with Crippen molar-refractivity contribution in [1.29, 1.82) is 0 Å². The first-order valence-corrected chi connectivity index (χ1v) is 8.28. The second-order valence-electron chi connectivity index (χ2n) is 4.97. The summed E-state index contributed by atoms with van der Waals surface area (Å²) in [5, 5.41) is 8.81. The van der Waals surface area contributed by atoms with Gasteiger partial charge in [0, 0.05) is 25.7 Å². The summed E-state index contributed by atoms with van der Waals surface area (Å²) in [6.45, 7) is 4.77. The summed E-state index contributed by atoms with van der Waals surface area (Å²) in [4.78, 5) is 10.8. The zero-order chi connectivity index (χ0) is 14.5. The Kier molecular flexibility index (Phi) is 6.22. The van der Waals surface area contributed by atoms with Crippen molar-refractivity contribution < 1.29 is 18.3 Å². The van der Waals surface area contributed by atoms with E-state index in [0.29, 0.717) is 19.6 Å². The van der Waals surface area contributed by atoms with Crippen LogP contribution >= 0.6 is 0 Å². The summed E-state index contributed by atoms with van der Waals surface area (Å²) >= 11 is 0. The molecule has 0 radical (unpaired) electrons. The molecule has 19 heavy (non-hydrogen) atoms. The van der Waals surface area contributed by atoms with E-state index in [1.165, 1.54) is 8.61 Å². The van der Waals surface area contributed by atoms with E-state index in [0.717, 1.165) is 25.7 Å². The third-order valence-electron chi connectivity index (χ3n) is 3.46. The van der Waals surface area contributed by atoms with Gasteiger partial charge < -0.3 is 5.11 Å². The standard InChI is InChI=1S/C12H24N2O4S/c1-3-14(11(2)10-12(15)16)19(17,18)13-8-6-4-5-7-9-13/h11H,3-10H2,1-2H3,(H,15,16). The number of hydrogen-bond acceptors (Lipinski definition) is 3. The Bertz CT molecular complexity index is 389. The van der Waals surface area contributed by atoms with Crippen LogP contribution in [0.4, 0.5) is 0 Å². The van der Waals surface area contributed by atoms with E-state index < -0.39 is 22.2 Å². The van der Waals surface area contributed by atoms with Crippen LogP contribution in [0.5, 0.6) is 0 Å². The van der Waals surface area contributed by atoms with Gasteiger partial charge in [0.05, 0.1) is 6.42 Å². The Morgan fingerprint density at radius 3 is 2.21 bits per heavy atom. The number of nitrogens with zero attached hydrogens (tertiary/aromatic N) is 2. The highest BCUT2D eigenvalue weighted by Crippen LogP contribution is 2.19. The van der Waals surface area contributed by atoms with Crippen LogP contribution in [-0.2, 0) is 15.0 Å². The minimum atomic E-state index is -3.54. The first-order valence-electron chi connectivity index (χ1n) is 6.88. The Labute approximate surface area is 115 Å². The van der Waals surface area contributed by atoms with Crippen molar-refractivity contribution in [3.05, 3.63) is 0 Å². The van der Waals surface area contributed by atoms with Crippen LogP contribution in [0.2, 0.25) is 0 Å². The van der Waals surface area contributed by atoms with E-state index >= 15 is 0 Å². The number of hydrogen-bond donors (Lipinski definition) is 1. The molecule has 6 nitrogen and oxygen atoms in total. The molecule has 0 amide bonds. The molecule has 0 saturated carbocycles. The zero-order valence-electron chi connectivity index (χ0n) is 11.7. The molecule has 1 atom stereocenters. The number of rotatable bonds is 6. The Morgan fingerprint density at radius 2 is 1.79 bits per heavy atom. The van der Waals surface area contributed by atoms with E-state index in [1.54, 1.807) is 13.8 Å². The van der Waals surface area contributed by atoms with Crippen molar-refractivity contribution in [2.24, 2.45) is 0 Å². The van der Waals surface area contributed by atoms with Gasteiger partial charge in [-0.3, -0.25) is 4.79 Å². The number of carboxylic acid groups (broad SMARTS) is 1. The Hall–Kier alpha value is -0.660. The van der Waals surface area contributed by atoms with Gasteiger partial charge in [0.1, 0.15) is 0 Å². The molecule has 1 saturated heterocycles. The fraction of sp³-hybridized carbons (Fsp3) is 0.917. The summed E-state index contributed by atoms with van der Waals surface area (Å²) < 4.78 is 27.9. The van der Waals surface area contributed by atoms with Crippen LogP contribution in [0, 0.1) is 0 Å². The van der Waals surface area contributed by atoms with Crippen molar-refractivity contribution in [2.45, 2.75) is 52.0 Å². The summed E-state index contributed by atoms with van der Waals surface area (Å²) in [7, 11) is -3.54. The van der Waals surface area contributed by atoms with Crippen molar-refractivity contribution in [2.75, 3.05) is 19.6 Å². The molecule has 112 valence electrons. The first kappa shape index (κ1) is 16.4. The largest absolute Gasteiger partial charge is 0.481 e. The third kappa shape index (κ3) is 4.43. The lowest BCUT2D eigenvalue weighted by Crippen LogP contribution is -2.48. The highest BCUT2D eigenvalue weighted by atomic mass is 32.2. The second kappa shape index (κ2) is 7.21. The average Bonchev–Trinajstić information content (AvgIpc) is 2.57. The molecule has 0 aromatic rings. The highest BCUT2D eigenvalue weighted by Gasteiger charge is 2.32. The number of carbonyl (C=O) groups is 1. The van der Waals surface area contributed by atoms with Gasteiger partial charge in [-0.1, -0.05) is 19.8 Å². The van der Waals surface area contributed by atoms with Gasteiger partial charge in [-0.15, -0.1) is 0 Å². The van der Waals surface area contributed by atoms with Gasteiger partial charge in [0.15, 0.2) is 0 Å². The van der Waals surface area contributed by atoms with Crippen molar-refractivity contribution in [3.63, 3.8) is 0 Å². The zero-order valence-corrected chi connectivity index (χ0v) is 12.5. The lowest BCUT2D eigenvalue weighted by atomic mass is 10.2. The molecule has 1 fully saturated rings. The van der Waals surface area contributed by atoms with Crippen molar-refractivity contribution in [3.8, 4) is 0 Å². The molecule has 0 aromatic heterocycles. The Balaban J connectivity index is 2.84. The molecule has 1 heterocycles. The van der Waals surface area contributed by atoms with Gasteiger partial charge in [0.2, 0.25) is 0 Å². The molecule has 1 rings (SSSR count). The van der Waals surface area contributed by atoms with E-state index in [1.807, 2.05) is 0 Å². The first-order chi connectivity index (χ1) is 8.89. The van der Waals surface area contributed by atoms with Gasteiger partial charge in [-0.25, -0.2) is 0 Å². The van der Waals surface area contributed by atoms with Crippen LogP contribution in [0.15, 0.2) is 0 Å². The van der Waals surface area contributed by atoms with Crippen molar-refractivity contribution in [1.82, 2.24) is 8.61 Å². The van der Waals surface area contributed by atoms with Gasteiger partial charge >= 0.3 is 5.97 Å². The van der Waals surface area contributed by atoms with E-state index in [9.17, 15) is 13.2 Å². The number of aliphatic carboxylic acids is 1. The minimum Gasteiger partial charge on any atom is -0.481 e. The molecule has 0 aromatic carbocycles. The summed E-state index contributed by atoms with van der Waals surface area (Å²) in [6.07, 6.45) is 3.71. The predicted octanol–water partition coefficient (Wildman–Crippen LogP) is 1.29. The summed E-state index contributed by atoms with van der Waals surface area (Å²) in [5.74, 6) is -0.975. The number of carboxylic acids is 1. The molecular formula is C12H24N2O4S. The molecule has 1 N–H and O–H groups in total. The maximum absolute atomic E-state index is 12.6. The molecule has 0 spiro atoms. The van der Waals surface area contributed by atoms with Gasteiger partial charge in [0.25, 0.3) is 10.2 Å². The summed E-state index contributed by atoms with van der Waals surface area (Å²) in [5.41, 5.74) is 0. The quantitative estimate of drug-likeness (QED) is 0.800. The highest BCUT2D eigenvalue weighted by molar-refractivity contribution is 7.86. The van der Waals surface area contributed by atoms with Crippen LogP contribution in [0.3, 0.4) is 0 Å². The molecule has 7 heteroatoms. The van der Waals surface area contributed by atoms with Crippen molar-refractivity contribution >= 4 is 16.2 Å². The molecular weight excluding hydrogens is 268 g/mol. The van der Waals surface area contributed by atoms with E-state index in [4.69, 9.17) is 5.11 Å². The van der Waals surface area contributed by atoms with Gasteiger partial charge in [-0.2, -0.15) is 17.0 Å². The molecule has 1 unspecified atom stereocenters. The normalized spacial score (nSPS) is 20.2. The van der Waals surface area contributed by atoms with Crippen LogP contribution in [0.25, 0.3) is 0 Å². The molecule has 1 aliphatic rings. The smallest absolute Gasteiger partial charge is 0.304 e. The SMILES string of the molecule is CCN(C(C)CC(=O)O)S(=O)(=O)N1CCCCCC1. The summed E-state index contributed by atoms with van der Waals surface area (Å²) in [6, 6.07) is -0.518. The van der Waals surface area contributed by atoms with Gasteiger partial charge in [-0.05, 0) is 19.8 Å². The maximum Gasteiger partial charge on any atom is 0.304 e. The predicted molar refractivity (Wildman–Crippen MR) is 73.1 cm³/mol. The average molecular weight is 292 g/mol. The van der Waals surface area contributed by atoms with E-state index in [-0.39, 0.29) is 6.42 Å². The van der Waals surface area contributed by atoms with Crippen LogP contribution in [-0.4, -0.2) is 53.8 Å².